The van der Waals surface area contributed by atoms with E-state index in [1.165, 1.54) is 11.0 Å². The number of likely N-dealkylation sites (N-methyl/N-ethyl adjacent to an activating group) is 1. The van der Waals surface area contributed by atoms with Crippen molar-refractivity contribution >= 4 is 28.5 Å². The highest BCUT2D eigenvalue weighted by molar-refractivity contribution is 14.1. The average molecular weight is 335 g/mol. The van der Waals surface area contributed by atoms with Crippen molar-refractivity contribution in [2.24, 2.45) is 0 Å². The predicted octanol–water partition coefficient (Wildman–Crippen LogP) is 1.45. The topological polar surface area (TPSA) is 60.8 Å². The standard InChI is InChI=1S/C11H14INO3/c1-7(14)6-13(2)11(16)9-5-8(12)3-4-10(9)15/h3-5,7,14-15H,6H2,1-2H3/t7-/m0/s1. The van der Waals surface area contributed by atoms with Gasteiger partial charge in [0.25, 0.3) is 5.91 Å². The van der Waals surface area contributed by atoms with Crippen molar-refractivity contribution in [3.8, 4) is 5.75 Å². The third-order valence-corrected chi connectivity index (χ3v) is 2.74. The number of halogens is 1. The third-order valence-electron chi connectivity index (χ3n) is 2.07. The minimum absolute atomic E-state index is 0.0390. The lowest BCUT2D eigenvalue weighted by atomic mass is 10.1. The van der Waals surface area contributed by atoms with Crippen LogP contribution in [0.2, 0.25) is 0 Å². The lowest BCUT2D eigenvalue weighted by Crippen LogP contribution is -2.33. The molecule has 1 aromatic rings. The molecule has 0 radical (unpaired) electrons. The van der Waals surface area contributed by atoms with E-state index in [9.17, 15) is 15.0 Å². The molecule has 1 atom stereocenters. The van der Waals surface area contributed by atoms with Crippen LogP contribution in [0.5, 0.6) is 5.75 Å². The molecular formula is C11H14INO3. The molecule has 0 bridgehead atoms. The van der Waals surface area contributed by atoms with Gasteiger partial charge in [-0.3, -0.25) is 4.79 Å². The maximum Gasteiger partial charge on any atom is 0.257 e. The number of carbonyl (C=O) groups is 1. The first-order valence-electron chi connectivity index (χ1n) is 4.84. The predicted molar refractivity (Wildman–Crippen MR) is 69.5 cm³/mol. The van der Waals surface area contributed by atoms with Crippen LogP contribution in [0.4, 0.5) is 0 Å². The SMILES string of the molecule is C[C@H](O)CN(C)C(=O)c1cc(I)ccc1O. The molecule has 16 heavy (non-hydrogen) atoms. The highest BCUT2D eigenvalue weighted by atomic mass is 127. The molecule has 0 spiro atoms. The molecule has 0 fully saturated rings. The summed E-state index contributed by atoms with van der Waals surface area (Å²) in [6, 6.07) is 4.84. The fraction of sp³-hybridized carbons (Fsp3) is 0.364. The maximum atomic E-state index is 11.9. The first-order valence-corrected chi connectivity index (χ1v) is 5.91. The lowest BCUT2D eigenvalue weighted by Gasteiger charge is -2.19. The molecule has 0 saturated carbocycles. The summed E-state index contributed by atoms with van der Waals surface area (Å²) < 4.78 is 0.879. The van der Waals surface area contributed by atoms with E-state index in [2.05, 4.69) is 22.6 Å². The van der Waals surface area contributed by atoms with Crippen LogP contribution in [0.25, 0.3) is 0 Å². The van der Waals surface area contributed by atoms with E-state index in [4.69, 9.17) is 0 Å². The zero-order chi connectivity index (χ0) is 12.3. The van der Waals surface area contributed by atoms with Gasteiger partial charge in [0, 0.05) is 17.2 Å². The Balaban J connectivity index is 2.91. The van der Waals surface area contributed by atoms with Crippen LogP contribution in [-0.4, -0.2) is 40.7 Å². The van der Waals surface area contributed by atoms with E-state index in [-0.39, 0.29) is 23.8 Å². The van der Waals surface area contributed by atoms with Crippen molar-refractivity contribution in [3.63, 3.8) is 0 Å². The van der Waals surface area contributed by atoms with E-state index in [1.54, 1.807) is 26.1 Å². The Morgan fingerprint density at radius 1 is 1.56 bits per heavy atom. The molecule has 4 nitrogen and oxygen atoms in total. The van der Waals surface area contributed by atoms with Gasteiger partial charge in [0.05, 0.1) is 11.7 Å². The quantitative estimate of drug-likeness (QED) is 0.822. The molecular weight excluding hydrogens is 321 g/mol. The average Bonchev–Trinajstić information content (AvgIpc) is 2.19. The van der Waals surface area contributed by atoms with Crippen molar-refractivity contribution in [1.82, 2.24) is 4.90 Å². The number of rotatable bonds is 3. The second-order valence-electron chi connectivity index (χ2n) is 3.70. The first-order chi connectivity index (χ1) is 7.41. The number of aliphatic hydroxyl groups is 1. The number of benzene rings is 1. The number of hydrogen-bond acceptors (Lipinski definition) is 3. The summed E-state index contributed by atoms with van der Waals surface area (Å²) in [4.78, 5) is 13.3. The van der Waals surface area contributed by atoms with Crippen LogP contribution >= 0.6 is 22.6 Å². The van der Waals surface area contributed by atoms with Crippen LogP contribution in [0.1, 0.15) is 17.3 Å². The zero-order valence-electron chi connectivity index (χ0n) is 9.14. The largest absolute Gasteiger partial charge is 0.507 e. The molecule has 0 unspecified atom stereocenters. The van der Waals surface area contributed by atoms with Crippen LogP contribution in [0.15, 0.2) is 18.2 Å². The summed E-state index contributed by atoms with van der Waals surface area (Å²) in [7, 11) is 1.59. The summed E-state index contributed by atoms with van der Waals surface area (Å²) in [6.45, 7) is 1.85. The van der Waals surface area contributed by atoms with Gasteiger partial charge in [-0.2, -0.15) is 0 Å². The Labute approximate surface area is 108 Å². The summed E-state index contributed by atoms with van der Waals surface area (Å²) >= 11 is 2.07. The first kappa shape index (κ1) is 13.2. The van der Waals surface area contributed by atoms with Gasteiger partial charge >= 0.3 is 0 Å². The second-order valence-corrected chi connectivity index (χ2v) is 4.94. The van der Waals surface area contributed by atoms with Crippen LogP contribution in [0.3, 0.4) is 0 Å². The molecule has 1 rings (SSSR count). The highest BCUT2D eigenvalue weighted by Crippen LogP contribution is 2.21. The fourth-order valence-corrected chi connectivity index (χ4v) is 1.86. The Kier molecular flexibility index (Phi) is 4.55. The van der Waals surface area contributed by atoms with Gasteiger partial charge in [0.1, 0.15) is 5.75 Å². The number of aliphatic hydroxyl groups excluding tert-OH is 1. The molecule has 0 aromatic heterocycles. The van der Waals surface area contributed by atoms with E-state index in [0.29, 0.717) is 0 Å². The number of carbonyl (C=O) groups excluding carboxylic acids is 1. The van der Waals surface area contributed by atoms with Gasteiger partial charge in [0.2, 0.25) is 0 Å². The maximum absolute atomic E-state index is 11.9. The molecule has 88 valence electrons. The molecule has 1 aromatic carbocycles. The van der Waals surface area contributed by atoms with Crippen molar-refractivity contribution in [3.05, 3.63) is 27.3 Å². The fourth-order valence-electron chi connectivity index (χ4n) is 1.36. The number of aromatic hydroxyl groups is 1. The van der Waals surface area contributed by atoms with E-state index >= 15 is 0 Å². The number of phenols is 1. The summed E-state index contributed by atoms with van der Waals surface area (Å²) in [5.41, 5.74) is 0.259. The van der Waals surface area contributed by atoms with Gasteiger partial charge < -0.3 is 15.1 Å². The van der Waals surface area contributed by atoms with E-state index < -0.39 is 6.10 Å². The number of nitrogens with zero attached hydrogens (tertiary/aromatic N) is 1. The number of amides is 1. The molecule has 0 aliphatic carbocycles. The molecule has 0 heterocycles. The second kappa shape index (κ2) is 5.49. The van der Waals surface area contributed by atoms with Crippen molar-refractivity contribution < 1.29 is 15.0 Å². The normalized spacial score (nSPS) is 12.2. The molecule has 0 aliphatic heterocycles. The zero-order valence-corrected chi connectivity index (χ0v) is 11.3. The van der Waals surface area contributed by atoms with Crippen molar-refractivity contribution in [2.75, 3.05) is 13.6 Å². The molecule has 0 saturated heterocycles. The van der Waals surface area contributed by atoms with E-state index in [1.807, 2.05) is 0 Å². The summed E-state index contributed by atoms with van der Waals surface area (Å²) in [5, 5.41) is 18.8. The van der Waals surface area contributed by atoms with Crippen LogP contribution in [0, 0.1) is 3.57 Å². The van der Waals surface area contributed by atoms with Gasteiger partial charge in [-0.05, 0) is 47.7 Å². The van der Waals surface area contributed by atoms with Gasteiger partial charge in [0.15, 0.2) is 0 Å². The van der Waals surface area contributed by atoms with Gasteiger partial charge in [-0.15, -0.1) is 0 Å². The van der Waals surface area contributed by atoms with Gasteiger partial charge in [-0.1, -0.05) is 0 Å². The molecule has 2 N–H and O–H groups in total. The molecule has 5 heteroatoms. The smallest absolute Gasteiger partial charge is 0.257 e. The van der Waals surface area contributed by atoms with Crippen LogP contribution in [-0.2, 0) is 0 Å². The van der Waals surface area contributed by atoms with Crippen LogP contribution < -0.4 is 0 Å². The van der Waals surface area contributed by atoms with Crippen molar-refractivity contribution in [2.45, 2.75) is 13.0 Å². The number of hydrogen-bond donors (Lipinski definition) is 2. The Morgan fingerprint density at radius 2 is 2.19 bits per heavy atom. The lowest BCUT2D eigenvalue weighted by molar-refractivity contribution is 0.0700. The summed E-state index contributed by atoms with van der Waals surface area (Å²) in [5.74, 6) is -0.334. The van der Waals surface area contributed by atoms with E-state index in [0.717, 1.165) is 3.57 Å². The Bertz CT molecular complexity index is 393. The van der Waals surface area contributed by atoms with Crippen molar-refractivity contribution in [1.29, 1.82) is 0 Å². The Hall–Kier alpha value is -0.820. The van der Waals surface area contributed by atoms with Gasteiger partial charge in [-0.25, -0.2) is 0 Å². The number of phenolic OH excluding ortho intramolecular Hbond substituents is 1. The molecule has 1 amide bonds. The highest BCUT2D eigenvalue weighted by Gasteiger charge is 2.17. The molecule has 0 aliphatic rings. The third kappa shape index (κ3) is 3.34. The Morgan fingerprint density at radius 3 is 2.75 bits per heavy atom. The summed E-state index contributed by atoms with van der Waals surface area (Å²) in [6.07, 6.45) is -0.584. The minimum Gasteiger partial charge on any atom is -0.507 e. The minimum atomic E-state index is -0.584. The monoisotopic (exact) mass is 335 g/mol.